The van der Waals surface area contributed by atoms with E-state index in [4.69, 9.17) is 0 Å². The summed E-state index contributed by atoms with van der Waals surface area (Å²) in [5.41, 5.74) is 1.14. The molecule has 0 spiro atoms. The van der Waals surface area contributed by atoms with Crippen molar-refractivity contribution < 1.29 is 8.42 Å². The molecule has 0 atom stereocenters. The lowest BCUT2D eigenvalue weighted by Crippen LogP contribution is -2.42. The van der Waals surface area contributed by atoms with Crippen LogP contribution in [0, 0.1) is 0 Å². The predicted octanol–water partition coefficient (Wildman–Crippen LogP) is 1.26. The highest BCUT2D eigenvalue weighted by Crippen LogP contribution is 2.23. The maximum Gasteiger partial charge on any atom is 0.176 e. The zero-order valence-corrected chi connectivity index (χ0v) is 12.7. The molecule has 0 bridgehead atoms. The van der Waals surface area contributed by atoms with Crippen LogP contribution in [0.5, 0.6) is 0 Å². The Balaban J connectivity index is 2.13. The third kappa shape index (κ3) is 3.54. The second-order valence-corrected chi connectivity index (χ2v) is 7.40. The van der Waals surface area contributed by atoms with Crippen LogP contribution in [0.1, 0.15) is 5.56 Å². The van der Waals surface area contributed by atoms with Gasteiger partial charge in [0.25, 0.3) is 0 Å². The van der Waals surface area contributed by atoms with Crippen LogP contribution in [0.25, 0.3) is 0 Å². The molecule has 0 radical (unpaired) electrons. The highest BCUT2D eigenvalue weighted by Gasteiger charge is 2.14. The van der Waals surface area contributed by atoms with Crippen LogP contribution in [-0.2, 0) is 16.4 Å². The molecule has 1 aromatic carbocycles. The number of sulfone groups is 1. The average Bonchev–Trinajstić information content (AvgIpc) is 2.28. The third-order valence-corrected chi connectivity index (χ3v) is 5.09. The van der Waals surface area contributed by atoms with Gasteiger partial charge in [0, 0.05) is 43.5 Å². The molecule has 1 aliphatic heterocycles. The third-order valence-electron chi connectivity index (χ3n) is 3.01. The number of hydrogen-bond acceptors (Lipinski definition) is 4. The van der Waals surface area contributed by atoms with Crippen molar-refractivity contribution in [2.45, 2.75) is 11.4 Å². The summed E-state index contributed by atoms with van der Waals surface area (Å²) >= 11 is 3.34. The molecule has 1 saturated heterocycles. The van der Waals surface area contributed by atoms with Gasteiger partial charge in [-0.1, -0.05) is 6.07 Å². The molecule has 100 valence electrons. The average molecular weight is 333 g/mol. The first-order valence-corrected chi connectivity index (χ1v) is 8.57. The Morgan fingerprint density at radius 1 is 1.33 bits per heavy atom. The lowest BCUT2D eigenvalue weighted by atomic mass is 10.2. The Kier molecular flexibility index (Phi) is 4.42. The van der Waals surface area contributed by atoms with Crippen LogP contribution in [0.15, 0.2) is 27.6 Å². The molecule has 1 aliphatic rings. The highest BCUT2D eigenvalue weighted by atomic mass is 79.9. The molecule has 0 saturated carbocycles. The van der Waals surface area contributed by atoms with E-state index in [1.807, 2.05) is 12.1 Å². The minimum atomic E-state index is -3.15. The Bertz CT molecular complexity index is 525. The van der Waals surface area contributed by atoms with Gasteiger partial charge >= 0.3 is 0 Å². The molecule has 0 aliphatic carbocycles. The topological polar surface area (TPSA) is 49.4 Å². The lowest BCUT2D eigenvalue weighted by Gasteiger charge is -2.27. The van der Waals surface area contributed by atoms with Crippen molar-refractivity contribution in [2.24, 2.45) is 0 Å². The summed E-state index contributed by atoms with van der Waals surface area (Å²) in [6.45, 7) is 4.96. The Hall–Kier alpha value is -0.430. The van der Waals surface area contributed by atoms with E-state index in [2.05, 4.69) is 26.1 Å². The van der Waals surface area contributed by atoms with Crippen molar-refractivity contribution in [2.75, 3.05) is 32.4 Å². The van der Waals surface area contributed by atoms with Crippen LogP contribution in [0.4, 0.5) is 0 Å². The first-order chi connectivity index (χ1) is 8.47. The minimum Gasteiger partial charge on any atom is -0.314 e. The molecule has 1 N–H and O–H groups in total. The minimum absolute atomic E-state index is 0.353. The van der Waals surface area contributed by atoms with Crippen LogP contribution >= 0.6 is 15.9 Å². The van der Waals surface area contributed by atoms with Crippen molar-refractivity contribution >= 4 is 25.8 Å². The molecule has 0 aromatic heterocycles. The molecule has 2 rings (SSSR count). The zero-order chi connectivity index (χ0) is 13.2. The molecule has 18 heavy (non-hydrogen) atoms. The number of nitrogens with zero attached hydrogens (tertiary/aromatic N) is 1. The maximum absolute atomic E-state index is 11.5. The van der Waals surface area contributed by atoms with E-state index >= 15 is 0 Å². The quantitative estimate of drug-likeness (QED) is 0.905. The zero-order valence-electron chi connectivity index (χ0n) is 10.3. The fourth-order valence-corrected chi connectivity index (χ4v) is 4.11. The summed E-state index contributed by atoms with van der Waals surface area (Å²) in [6, 6.07) is 5.47. The first kappa shape index (κ1) is 14.0. The van der Waals surface area contributed by atoms with Crippen LogP contribution in [0.2, 0.25) is 0 Å². The van der Waals surface area contributed by atoms with Gasteiger partial charge in [-0.3, -0.25) is 4.90 Å². The van der Waals surface area contributed by atoms with Gasteiger partial charge < -0.3 is 5.32 Å². The van der Waals surface area contributed by atoms with E-state index in [0.29, 0.717) is 9.37 Å². The Morgan fingerprint density at radius 2 is 2.00 bits per heavy atom. The first-order valence-electron chi connectivity index (χ1n) is 5.88. The molecule has 1 aromatic rings. The van der Waals surface area contributed by atoms with Gasteiger partial charge in [0.1, 0.15) is 0 Å². The van der Waals surface area contributed by atoms with Crippen molar-refractivity contribution in [3.63, 3.8) is 0 Å². The predicted molar refractivity (Wildman–Crippen MR) is 75.4 cm³/mol. The fourth-order valence-electron chi connectivity index (χ4n) is 2.07. The van der Waals surface area contributed by atoms with Crippen molar-refractivity contribution in [1.29, 1.82) is 0 Å². The molecular weight excluding hydrogens is 316 g/mol. The molecule has 1 heterocycles. The van der Waals surface area contributed by atoms with Gasteiger partial charge in [0.15, 0.2) is 9.84 Å². The monoisotopic (exact) mass is 332 g/mol. The Labute approximate surface area is 116 Å². The van der Waals surface area contributed by atoms with Gasteiger partial charge in [0.05, 0.1) is 4.90 Å². The molecule has 6 heteroatoms. The molecule has 0 amide bonds. The molecular formula is C12H17BrN2O2S. The summed E-state index contributed by atoms with van der Waals surface area (Å²) in [6.07, 6.45) is 1.23. The number of nitrogens with one attached hydrogen (secondary N) is 1. The van der Waals surface area contributed by atoms with Gasteiger partial charge in [-0.25, -0.2) is 8.42 Å². The van der Waals surface area contributed by atoms with Crippen molar-refractivity contribution in [3.8, 4) is 0 Å². The molecule has 1 fully saturated rings. The normalized spacial score (nSPS) is 17.9. The summed E-state index contributed by atoms with van der Waals surface area (Å²) in [7, 11) is -3.15. The van der Waals surface area contributed by atoms with E-state index in [1.54, 1.807) is 6.07 Å². The molecule has 4 nitrogen and oxygen atoms in total. The van der Waals surface area contributed by atoms with E-state index in [0.717, 1.165) is 38.3 Å². The van der Waals surface area contributed by atoms with E-state index in [-0.39, 0.29) is 0 Å². The highest BCUT2D eigenvalue weighted by molar-refractivity contribution is 9.10. The summed E-state index contributed by atoms with van der Waals surface area (Å²) in [5, 5.41) is 3.31. The number of piperazine rings is 1. The number of rotatable bonds is 3. The van der Waals surface area contributed by atoms with E-state index in [1.165, 1.54) is 6.26 Å². The summed E-state index contributed by atoms with van der Waals surface area (Å²) in [4.78, 5) is 2.71. The van der Waals surface area contributed by atoms with Crippen LogP contribution < -0.4 is 5.32 Å². The number of hydrogen-bond donors (Lipinski definition) is 1. The standard InChI is InChI=1S/C12H17BrN2O2S/c1-18(16,17)12-3-2-10(8-11(12)13)9-15-6-4-14-5-7-15/h2-3,8,14H,4-7,9H2,1H3. The van der Waals surface area contributed by atoms with Gasteiger partial charge in [-0.05, 0) is 33.6 Å². The fraction of sp³-hybridized carbons (Fsp3) is 0.500. The van der Waals surface area contributed by atoms with Gasteiger partial charge in [-0.2, -0.15) is 0 Å². The Morgan fingerprint density at radius 3 is 2.56 bits per heavy atom. The van der Waals surface area contributed by atoms with E-state index < -0.39 is 9.84 Å². The van der Waals surface area contributed by atoms with Crippen molar-refractivity contribution in [3.05, 3.63) is 28.2 Å². The van der Waals surface area contributed by atoms with E-state index in [9.17, 15) is 8.42 Å². The van der Waals surface area contributed by atoms with Gasteiger partial charge in [-0.15, -0.1) is 0 Å². The lowest BCUT2D eigenvalue weighted by molar-refractivity contribution is 0.233. The van der Waals surface area contributed by atoms with Crippen LogP contribution in [0.3, 0.4) is 0 Å². The summed E-state index contributed by atoms with van der Waals surface area (Å²) < 4.78 is 23.7. The largest absolute Gasteiger partial charge is 0.314 e. The second kappa shape index (κ2) is 5.69. The maximum atomic E-state index is 11.5. The number of halogens is 1. The summed E-state index contributed by atoms with van der Waals surface area (Å²) in [5.74, 6) is 0. The van der Waals surface area contributed by atoms with Gasteiger partial charge in [0.2, 0.25) is 0 Å². The molecule has 0 unspecified atom stereocenters. The van der Waals surface area contributed by atoms with Crippen LogP contribution in [-0.4, -0.2) is 45.8 Å². The second-order valence-electron chi connectivity index (χ2n) is 4.56. The number of benzene rings is 1. The smallest absolute Gasteiger partial charge is 0.176 e. The van der Waals surface area contributed by atoms with Crippen molar-refractivity contribution in [1.82, 2.24) is 10.2 Å². The SMILES string of the molecule is CS(=O)(=O)c1ccc(CN2CCNCC2)cc1Br.